The maximum Gasteiger partial charge on any atom is 0.0642 e. The van der Waals surface area contributed by atoms with Crippen molar-refractivity contribution in [1.82, 2.24) is 0 Å². The van der Waals surface area contributed by atoms with Gasteiger partial charge in [0.15, 0.2) is 0 Å². The Balaban J connectivity index is 2.81. The minimum atomic E-state index is 0.0891. The minimum absolute atomic E-state index is 0.0891. The Labute approximate surface area is 79.0 Å². The van der Waals surface area contributed by atoms with Crippen LogP contribution in [-0.4, -0.2) is 11.7 Å². The van der Waals surface area contributed by atoms with Crippen LogP contribution in [-0.2, 0) is 0 Å². The number of rotatable bonds is 3. The number of aliphatic hydroxyl groups is 1. The molecule has 1 rings (SSSR count). The average molecular weight is 174 g/mol. The highest BCUT2D eigenvalue weighted by atomic mass is 16.3. The topological polar surface area (TPSA) is 20.2 Å². The molecule has 0 saturated heterocycles. The van der Waals surface area contributed by atoms with E-state index in [1.807, 2.05) is 43.3 Å². The van der Waals surface area contributed by atoms with Crippen molar-refractivity contribution in [3.05, 3.63) is 54.1 Å². The van der Waals surface area contributed by atoms with Crippen molar-refractivity contribution in [2.75, 3.05) is 6.61 Å². The van der Waals surface area contributed by atoms with Gasteiger partial charge in [-0.25, -0.2) is 0 Å². The van der Waals surface area contributed by atoms with Gasteiger partial charge in [0, 0.05) is 0 Å². The predicted molar refractivity (Wildman–Crippen MR) is 56.3 cm³/mol. The zero-order valence-electron chi connectivity index (χ0n) is 7.83. The quantitative estimate of drug-likeness (QED) is 0.698. The fraction of sp³-hybridized carbons (Fsp3) is 0.167. The summed E-state index contributed by atoms with van der Waals surface area (Å²) in [6.45, 7) is 5.90. The van der Waals surface area contributed by atoms with E-state index >= 15 is 0 Å². The lowest BCUT2D eigenvalue weighted by molar-refractivity contribution is 0.331. The molecule has 68 valence electrons. The van der Waals surface area contributed by atoms with Crippen LogP contribution in [0.5, 0.6) is 0 Å². The summed E-state index contributed by atoms with van der Waals surface area (Å²) in [5.74, 6) is 0. The van der Waals surface area contributed by atoms with E-state index < -0.39 is 0 Å². The molecule has 0 radical (unpaired) electrons. The summed E-state index contributed by atoms with van der Waals surface area (Å²) in [6.07, 6.45) is 1.90. The van der Waals surface area contributed by atoms with Crippen LogP contribution in [0.2, 0.25) is 0 Å². The Morgan fingerprint density at radius 1 is 1.38 bits per heavy atom. The van der Waals surface area contributed by atoms with Gasteiger partial charge in [0.25, 0.3) is 0 Å². The largest absolute Gasteiger partial charge is 0.392 e. The molecule has 0 atom stereocenters. The van der Waals surface area contributed by atoms with Crippen LogP contribution in [0, 0.1) is 0 Å². The number of aliphatic hydroxyl groups excluding tert-OH is 1. The minimum Gasteiger partial charge on any atom is -0.392 e. The summed E-state index contributed by atoms with van der Waals surface area (Å²) in [5.41, 5.74) is 2.95. The van der Waals surface area contributed by atoms with Gasteiger partial charge in [-0.2, -0.15) is 0 Å². The lowest BCUT2D eigenvalue weighted by atomic mass is 10.1. The van der Waals surface area contributed by atoms with Crippen molar-refractivity contribution in [3.63, 3.8) is 0 Å². The average Bonchev–Trinajstić information content (AvgIpc) is 2.19. The van der Waals surface area contributed by atoms with Crippen LogP contribution in [0.15, 0.2) is 48.6 Å². The summed E-state index contributed by atoms with van der Waals surface area (Å²) >= 11 is 0. The summed E-state index contributed by atoms with van der Waals surface area (Å²) in [5, 5.41) is 8.82. The second-order valence-corrected chi connectivity index (χ2v) is 3.04. The molecule has 0 aliphatic heterocycles. The first kappa shape index (κ1) is 9.75. The Morgan fingerprint density at radius 2 is 2.00 bits per heavy atom. The second kappa shape index (κ2) is 4.63. The lowest BCUT2D eigenvalue weighted by Crippen LogP contribution is -1.85. The van der Waals surface area contributed by atoms with Gasteiger partial charge in [-0.1, -0.05) is 43.0 Å². The van der Waals surface area contributed by atoms with Crippen LogP contribution in [0.25, 0.3) is 5.57 Å². The van der Waals surface area contributed by atoms with E-state index in [4.69, 9.17) is 5.11 Å². The van der Waals surface area contributed by atoms with Gasteiger partial charge in [-0.3, -0.25) is 0 Å². The summed E-state index contributed by atoms with van der Waals surface area (Å²) in [6, 6.07) is 9.93. The molecule has 0 bridgehead atoms. The maximum atomic E-state index is 8.82. The summed E-state index contributed by atoms with van der Waals surface area (Å²) in [4.78, 5) is 0. The molecule has 0 spiro atoms. The van der Waals surface area contributed by atoms with Gasteiger partial charge in [-0.15, -0.1) is 0 Å². The molecule has 0 amide bonds. The number of benzene rings is 1. The first-order valence-electron chi connectivity index (χ1n) is 4.26. The monoisotopic (exact) mass is 174 g/mol. The molecule has 0 saturated carbocycles. The van der Waals surface area contributed by atoms with E-state index in [2.05, 4.69) is 6.58 Å². The third-order valence-corrected chi connectivity index (χ3v) is 1.81. The van der Waals surface area contributed by atoms with Gasteiger partial charge >= 0.3 is 0 Å². The highest BCUT2D eigenvalue weighted by Crippen LogP contribution is 2.14. The third-order valence-electron chi connectivity index (χ3n) is 1.81. The zero-order chi connectivity index (χ0) is 9.68. The van der Waals surface area contributed by atoms with Crippen LogP contribution >= 0.6 is 0 Å². The van der Waals surface area contributed by atoms with Crippen molar-refractivity contribution >= 4 is 5.57 Å². The van der Waals surface area contributed by atoms with Crippen LogP contribution in [0.3, 0.4) is 0 Å². The molecular weight excluding hydrogens is 160 g/mol. The van der Waals surface area contributed by atoms with Gasteiger partial charge in [0.2, 0.25) is 0 Å². The predicted octanol–water partition coefficient (Wildman–Crippen LogP) is 2.64. The number of hydrogen-bond acceptors (Lipinski definition) is 1. The number of allylic oxidation sites excluding steroid dienone is 2. The highest BCUT2D eigenvalue weighted by molar-refractivity contribution is 5.72. The van der Waals surface area contributed by atoms with E-state index in [1.54, 1.807) is 0 Å². The third kappa shape index (κ3) is 2.88. The molecule has 1 aromatic rings. The SMILES string of the molecule is C=C(/C=C(/C)CO)c1ccccc1. The molecule has 0 aliphatic rings. The van der Waals surface area contributed by atoms with Crippen LogP contribution in [0.1, 0.15) is 12.5 Å². The molecule has 1 N–H and O–H groups in total. The Hall–Kier alpha value is -1.34. The van der Waals surface area contributed by atoms with E-state index in [0.717, 1.165) is 16.7 Å². The fourth-order valence-electron chi connectivity index (χ4n) is 1.08. The van der Waals surface area contributed by atoms with Crippen molar-refractivity contribution < 1.29 is 5.11 Å². The van der Waals surface area contributed by atoms with Gasteiger partial charge in [0.1, 0.15) is 0 Å². The van der Waals surface area contributed by atoms with E-state index in [-0.39, 0.29) is 6.61 Å². The lowest BCUT2D eigenvalue weighted by Gasteiger charge is -2.01. The van der Waals surface area contributed by atoms with Gasteiger partial charge in [0.05, 0.1) is 6.61 Å². The van der Waals surface area contributed by atoms with Crippen molar-refractivity contribution in [2.24, 2.45) is 0 Å². The standard InChI is InChI=1S/C12H14O/c1-10(9-13)8-11(2)12-6-4-3-5-7-12/h3-8,13H,2,9H2,1H3/b10-8-. The first-order chi connectivity index (χ1) is 6.24. The molecule has 13 heavy (non-hydrogen) atoms. The van der Waals surface area contributed by atoms with Gasteiger partial charge < -0.3 is 5.11 Å². The van der Waals surface area contributed by atoms with Crippen LogP contribution in [0.4, 0.5) is 0 Å². The Morgan fingerprint density at radius 3 is 2.54 bits per heavy atom. The first-order valence-corrected chi connectivity index (χ1v) is 4.26. The van der Waals surface area contributed by atoms with Gasteiger partial charge in [-0.05, 0) is 23.6 Å². The summed E-state index contributed by atoms with van der Waals surface area (Å²) < 4.78 is 0. The van der Waals surface area contributed by atoms with E-state index in [0.29, 0.717) is 0 Å². The molecule has 0 aliphatic carbocycles. The normalized spacial score (nSPS) is 11.4. The second-order valence-electron chi connectivity index (χ2n) is 3.04. The Bertz CT molecular complexity index is 309. The molecular formula is C12H14O. The summed E-state index contributed by atoms with van der Waals surface area (Å²) in [7, 11) is 0. The molecule has 0 unspecified atom stereocenters. The number of hydrogen-bond donors (Lipinski definition) is 1. The molecule has 1 heteroatoms. The Kier molecular flexibility index (Phi) is 3.47. The van der Waals surface area contributed by atoms with Crippen molar-refractivity contribution in [3.8, 4) is 0 Å². The highest BCUT2D eigenvalue weighted by Gasteiger charge is 1.94. The van der Waals surface area contributed by atoms with Crippen LogP contribution < -0.4 is 0 Å². The molecule has 0 fully saturated rings. The molecule has 1 aromatic carbocycles. The fourth-order valence-corrected chi connectivity index (χ4v) is 1.08. The van der Waals surface area contributed by atoms with Crippen molar-refractivity contribution in [2.45, 2.75) is 6.92 Å². The van der Waals surface area contributed by atoms with E-state index in [9.17, 15) is 0 Å². The molecule has 0 heterocycles. The van der Waals surface area contributed by atoms with E-state index in [1.165, 1.54) is 0 Å². The van der Waals surface area contributed by atoms with Crippen molar-refractivity contribution in [1.29, 1.82) is 0 Å². The maximum absolute atomic E-state index is 8.82. The molecule has 0 aromatic heterocycles. The molecule has 1 nitrogen and oxygen atoms in total. The smallest absolute Gasteiger partial charge is 0.0642 e. The zero-order valence-corrected chi connectivity index (χ0v) is 7.83.